The summed E-state index contributed by atoms with van der Waals surface area (Å²) in [7, 11) is -1.63. The van der Waals surface area contributed by atoms with E-state index in [1.807, 2.05) is 20.9 Å². The maximum Gasteiger partial charge on any atom is 0.243 e. The van der Waals surface area contributed by atoms with Gasteiger partial charge in [0.25, 0.3) is 0 Å². The second kappa shape index (κ2) is 7.20. The number of hydrogen-bond acceptors (Lipinski definition) is 4. The van der Waals surface area contributed by atoms with Gasteiger partial charge in [0.1, 0.15) is 0 Å². The number of amides is 1. The molecule has 140 valence electrons. The molecule has 3 rings (SSSR count). The minimum Gasteiger partial charge on any atom is -0.340 e. The lowest BCUT2D eigenvalue weighted by atomic mass is 10.1. The van der Waals surface area contributed by atoms with Crippen LogP contribution in [-0.4, -0.2) is 59.5 Å². The number of carbonyl (C=O) groups excluding carboxylic acids is 1. The first kappa shape index (κ1) is 18.6. The fourth-order valence-corrected chi connectivity index (χ4v) is 4.70. The summed E-state index contributed by atoms with van der Waals surface area (Å²) >= 11 is 0. The van der Waals surface area contributed by atoms with Crippen LogP contribution in [0.25, 0.3) is 0 Å². The van der Waals surface area contributed by atoms with Crippen LogP contribution in [0.4, 0.5) is 0 Å². The molecular formula is C18H24N4O3S. The van der Waals surface area contributed by atoms with Gasteiger partial charge in [0.2, 0.25) is 15.9 Å². The molecule has 2 heterocycles. The Bertz CT molecular complexity index is 898. The second-order valence-corrected chi connectivity index (χ2v) is 8.49. The van der Waals surface area contributed by atoms with E-state index in [4.69, 9.17) is 0 Å². The van der Waals surface area contributed by atoms with Crippen LogP contribution < -0.4 is 0 Å². The number of piperazine rings is 1. The fraction of sp³-hybridized carbons (Fsp3) is 0.444. The summed E-state index contributed by atoms with van der Waals surface area (Å²) in [5.74, 6) is 0.0148. The van der Waals surface area contributed by atoms with E-state index in [2.05, 4.69) is 5.10 Å². The third-order valence-corrected chi connectivity index (χ3v) is 6.87. The van der Waals surface area contributed by atoms with Crippen molar-refractivity contribution in [3.63, 3.8) is 0 Å². The molecule has 26 heavy (non-hydrogen) atoms. The van der Waals surface area contributed by atoms with Crippen LogP contribution in [0.1, 0.15) is 17.0 Å². The molecule has 0 aliphatic carbocycles. The molecule has 8 heteroatoms. The summed E-state index contributed by atoms with van der Waals surface area (Å²) in [4.78, 5) is 14.7. The van der Waals surface area contributed by atoms with Gasteiger partial charge in [0.15, 0.2) is 0 Å². The van der Waals surface area contributed by atoms with Gasteiger partial charge in [-0.3, -0.25) is 9.48 Å². The van der Waals surface area contributed by atoms with Crippen molar-refractivity contribution in [2.24, 2.45) is 7.05 Å². The summed E-state index contributed by atoms with van der Waals surface area (Å²) in [5.41, 5.74) is 2.81. The van der Waals surface area contributed by atoms with Crippen molar-refractivity contribution < 1.29 is 13.2 Å². The zero-order chi connectivity index (χ0) is 18.9. The Kier molecular flexibility index (Phi) is 5.15. The normalized spacial score (nSPS) is 16.0. The molecule has 1 fully saturated rings. The van der Waals surface area contributed by atoms with E-state index in [0.29, 0.717) is 37.5 Å². The van der Waals surface area contributed by atoms with Gasteiger partial charge in [-0.15, -0.1) is 0 Å². The molecule has 1 aliphatic rings. The van der Waals surface area contributed by atoms with Crippen LogP contribution in [0.5, 0.6) is 0 Å². The average Bonchev–Trinajstić information content (AvgIpc) is 2.88. The quantitative estimate of drug-likeness (QED) is 0.801. The zero-order valence-electron chi connectivity index (χ0n) is 15.3. The molecule has 1 aromatic heterocycles. The van der Waals surface area contributed by atoms with Crippen molar-refractivity contribution in [1.29, 1.82) is 0 Å². The maximum absolute atomic E-state index is 12.7. The van der Waals surface area contributed by atoms with Crippen molar-refractivity contribution >= 4 is 15.9 Å². The average molecular weight is 376 g/mol. The summed E-state index contributed by atoms with van der Waals surface area (Å²) in [5, 5.41) is 4.35. The van der Waals surface area contributed by atoms with Crippen LogP contribution in [0, 0.1) is 13.8 Å². The molecule has 7 nitrogen and oxygen atoms in total. The molecule has 2 aromatic rings. The first-order valence-corrected chi connectivity index (χ1v) is 10.1. The van der Waals surface area contributed by atoms with Crippen LogP contribution in [0.15, 0.2) is 35.2 Å². The number of aromatic nitrogens is 2. The molecule has 0 unspecified atom stereocenters. The van der Waals surface area contributed by atoms with Gasteiger partial charge in [-0.25, -0.2) is 8.42 Å². The Morgan fingerprint density at radius 2 is 1.69 bits per heavy atom. The lowest BCUT2D eigenvalue weighted by molar-refractivity contribution is -0.131. The lowest BCUT2D eigenvalue weighted by Crippen LogP contribution is -2.50. The fourth-order valence-electron chi connectivity index (χ4n) is 3.26. The number of benzene rings is 1. The van der Waals surface area contributed by atoms with E-state index >= 15 is 0 Å². The second-order valence-electron chi connectivity index (χ2n) is 6.55. The highest BCUT2D eigenvalue weighted by Gasteiger charge is 2.30. The highest BCUT2D eigenvalue weighted by molar-refractivity contribution is 7.89. The van der Waals surface area contributed by atoms with Crippen molar-refractivity contribution in [3.05, 3.63) is 47.3 Å². The minimum absolute atomic E-state index is 0.0148. The number of nitrogens with zero attached hydrogens (tertiary/aromatic N) is 4. The molecule has 0 spiro atoms. The third kappa shape index (κ3) is 3.52. The molecule has 1 amide bonds. The van der Waals surface area contributed by atoms with Crippen LogP contribution >= 0.6 is 0 Å². The number of sulfonamides is 1. The van der Waals surface area contributed by atoms with E-state index < -0.39 is 10.0 Å². The van der Waals surface area contributed by atoms with E-state index in [1.54, 1.807) is 39.9 Å². The topological polar surface area (TPSA) is 75.5 Å². The summed E-state index contributed by atoms with van der Waals surface area (Å²) in [6.45, 7) is 5.29. The minimum atomic E-state index is -3.50. The van der Waals surface area contributed by atoms with Gasteiger partial charge in [0.05, 0.1) is 17.0 Å². The predicted octanol–water partition coefficient (Wildman–Crippen LogP) is 1.11. The number of rotatable bonds is 4. The Hall–Kier alpha value is -2.19. The van der Waals surface area contributed by atoms with Crippen molar-refractivity contribution in [3.8, 4) is 0 Å². The van der Waals surface area contributed by atoms with Crippen LogP contribution in [-0.2, 0) is 28.3 Å². The molecule has 0 bridgehead atoms. The molecule has 0 N–H and O–H groups in total. The van der Waals surface area contributed by atoms with Gasteiger partial charge in [-0.2, -0.15) is 9.40 Å². The van der Waals surface area contributed by atoms with E-state index in [0.717, 1.165) is 17.0 Å². The zero-order valence-corrected chi connectivity index (χ0v) is 16.2. The number of carbonyl (C=O) groups is 1. The third-order valence-electron chi connectivity index (χ3n) is 4.96. The van der Waals surface area contributed by atoms with Crippen molar-refractivity contribution in [2.45, 2.75) is 25.2 Å². The molecule has 1 saturated heterocycles. The first-order chi connectivity index (χ1) is 12.3. The Labute approximate surface area is 154 Å². The molecule has 0 radical (unpaired) electrons. The Balaban J connectivity index is 1.64. The predicted molar refractivity (Wildman–Crippen MR) is 98.2 cm³/mol. The van der Waals surface area contributed by atoms with Crippen molar-refractivity contribution in [2.75, 3.05) is 26.2 Å². The van der Waals surface area contributed by atoms with E-state index in [9.17, 15) is 13.2 Å². The lowest BCUT2D eigenvalue weighted by Gasteiger charge is -2.34. The largest absolute Gasteiger partial charge is 0.340 e. The summed E-state index contributed by atoms with van der Waals surface area (Å²) in [6, 6.07) is 8.41. The van der Waals surface area contributed by atoms with Gasteiger partial charge in [-0.1, -0.05) is 18.2 Å². The monoisotopic (exact) mass is 376 g/mol. The molecule has 1 aromatic carbocycles. The SMILES string of the molecule is Cc1nn(C)c(C)c1CC(=O)N1CCN(S(=O)(=O)c2ccccc2)CC1. The standard InChI is InChI=1S/C18H24N4O3S/c1-14-17(15(2)20(3)19-14)13-18(23)21-9-11-22(12-10-21)26(24,25)16-7-5-4-6-8-16/h4-8H,9-13H2,1-3H3. The van der Waals surface area contributed by atoms with Gasteiger partial charge >= 0.3 is 0 Å². The Morgan fingerprint density at radius 3 is 2.23 bits per heavy atom. The van der Waals surface area contributed by atoms with Gasteiger partial charge < -0.3 is 4.90 Å². The molecule has 1 aliphatic heterocycles. The van der Waals surface area contributed by atoms with Gasteiger partial charge in [0, 0.05) is 44.5 Å². The van der Waals surface area contributed by atoms with Crippen LogP contribution in [0.2, 0.25) is 0 Å². The number of aryl methyl sites for hydroxylation is 2. The van der Waals surface area contributed by atoms with E-state index in [1.165, 1.54) is 4.31 Å². The summed E-state index contributed by atoms with van der Waals surface area (Å²) < 4.78 is 28.5. The van der Waals surface area contributed by atoms with Crippen molar-refractivity contribution in [1.82, 2.24) is 19.0 Å². The van der Waals surface area contributed by atoms with Crippen LogP contribution in [0.3, 0.4) is 0 Å². The molecule has 0 saturated carbocycles. The summed E-state index contributed by atoms with van der Waals surface area (Å²) in [6.07, 6.45) is 0.303. The maximum atomic E-state index is 12.7. The first-order valence-electron chi connectivity index (χ1n) is 8.62. The molecular weight excluding hydrogens is 352 g/mol. The highest BCUT2D eigenvalue weighted by atomic mass is 32.2. The smallest absolute Gasteiger partial charge is 0.243 e. The van der Waals surface area contributed by atoms with E-state index in [-0.39, 0.29) is 5.91 Å². The Morgan fingerprint density at radius 1 is 1.08 bits per heavy atom. The molecule has 0 atom stereocenters. The number of hydrogen-bond donors (Lipinski definition) is 0. The van der Waals surface area contributed by atoms with Gasteiger partial charge in [-0.05, 0) is 26.0 Å². The highest BCUT2D eigenvalue weighted by Crippen LogP contribution is 2.19.